The van der Waals surface area contributed by atoms with Gasteiger partial charge in [-0.2, -0.15) is 0 Å². The van der Waals surface area contributed by atoms with Gasteiger partial charge in [0, 0.05) is 18.7 Å². The van der Waals surface area contributed by atoms with Gasteiger partial charge in [0.25, 0.3) is 0 Å². The molecule has 0 saturated carbocycles. The van der Waals surface area contributed by atoms with Crippen molar-refractivity contribution in [3.8, 4) is 5.75 Å². The predicted octanol–water partition coefficient (Wildman–Crippen LogP) is 3.77. The zero-order chi connectivity index (χ0) is 13.3. The van der Waals surface area contributed by atoms with E-state index in [0.29, 0.717) is 0 Å². The summed E-state index contributed by atoms with van der Waals surface area (Å²) in [5.41, 5.74) is 2.52. The molecular formula is C17H21NO. The van der Waals surface area contributed by atoms with E-state index in [1.165, 1.54) is 11.1 Å². The van der Waals surface area contributed by atoms with Crippen molar-refractivity contribution in [3.05, 3.63) is 65.7 Å². The van der Waals surface area contributed by atoms with Gasteiger partial charge in [-0.15, -0.1) is 0 Å². The predicted molar refractivity (Wildman–Crippen MR) is 79.2 cm³/mol. The van der Waals surface area contributed by atoms with Crippen LogP contribution in [-0.2, 0) is 13.1 Å². The van der Waals surface area contributed by atoms with Gasteiger partial charge in [-0.25, -0.2) is 0 Å². The van der Waals surface area contributed by atoms with Crippen LogP contribution in [0.1, 0.15) is 24.5 Å². The smallest absolute Gasteiger partial charge is 0.123 e. The Kier molecular flexibility index (Phi) is 5.45. The van der Waals surface area contributed by atoms with Gasteiger partial charge in [-0.1, -0.05) is 55.5 Å². The maximum Gasteiger partial charge on any atom is 0.123 e. The second kappa shape index (κ2) is 7.59. The van der Waals surface area contributed by atoms with Gasteiger partial charge in [0.15, 0.2) is 0 Å². The van der Waals surface area contributed by atoms with Crippen molar-refractivity contribution in [1.82, 2.24) is 5.32 Å². The molecule has 0 aliphatic carbocycles. The van der Waals surface area contributed by atoms with Crippen molar-refractivity contribution in [2.45, 2.75) is 26.4 Å². The Bertz CT molecular complexity index is 482. The third kappa shape index (κ3) is 4.42. The van der Waals surface area contributed by atoms with Gasteiger partial charge < -0.3 is 10.1 Å². The van der Waals surface area contributed by atoms with Crippen LogP contribution in [0.15, 0.2) is 54.6 Å². The lowest BCUT2D eigenvalue weighted by Crippen LogP contribution is -2.13. The third-order valence-corrected chi connectivity index (χ3v) is 2.92. The Hall–Kier alpha value is -1.80. The van der Waals surface area contributed by atoms with Crippen molar-refractivity contribution >= 4 is 0 Å². The lowest BCUT2D eigenvalue weighted by molar-refractivity contribution is 0.313. The number of ether oxygens (including phenoxy) is 1. The SMILES string of the molecule is CCCOc1ccccc1CNCc1ccccc1. The third-order valence-electron chi connectivity index (χ3n) is 2.92. The van der Waals surface area contributed by atoms with Crippen LogP contribution < -0.4 is 10.1 Å². The van der Waals surface area contributed by atoms with Crippen molar-refractivity contribution in [2.24, 2.45) is 0 Å². The van der Waals surface area contributed by atoms with E-state index in [9.17, 15) is 0 Å². The molecule has 0 atom stereocenters. The number of rotatable bonds is 7. The molecule has 0 radical (unpaired) electrons. The van der Waals surface area contributed by atoms with Gasteiger partial charge in [-0.3, -0.25) is 0 Å². The molecular weight excluding hydrogens is 234 g/mol. The van der Waals surface area contributed by atoms with Crippen LogP contribution >= 0.6 is 0 Å². The maximum atomic E-state index is 5.75. The summed E-state index contributed by atoms with van der Waals surface area (Å²) in [7, 11) is 0. The molecule has 2 nitrogen and oxygen atoms in total. The van der Waals surface area contributed by atoms with Crippen LogP contribution in [0.25, 0.3) is 0 Å². The Labute approximate surface area is 115 Å². The summed E-state index contributed by atoms with van der Waals surface area (Å²) in [6.45, 7) is 4.60. The second-order valence-electron chi connectivity index (χ2n) is 4.55. The van der Waals surface area contributed by atoms with Crippen LogP contribution in [0.5, 0.6) is 5.75 Å². The molecule has 100 valence electrons. The number of hydrogen-bond donors (Lipinski definition) is 1. The fourth-order valence-electron chi connectivity index (χ4n) is 1.94. The first-order valence-electron chi connectivity index (χ1n) is 6.85. The first-order valence-corrected chi connectivity index (χ1v) is 6.85. The quantitative estimate of drug-likeness (QED) is 0.813. The fraction of sp³-hybridized carbons (Fsp3) is 0.294. The summed E-state index contributed by atoms with van der Waals surface area (Å²) < 4.78 is 5.75. The molecule has 0 spiro atoms. The highest BCUT2D eigenvalue weighted by Crippen LogP contribution is 2.18. The van der Waals surface area contributed by atoms with Gasteiger partial charge in [0.2, 0.25) is 0 Å². The second-order valence-corrected chi connectivity index (χ2v) is 4.55. The Balaban J connectivity index is 1.88. The van der Waals surface area contributed by atoms with Crippen LogP contribution in [0, 0.1) is 0 Å². The van der Waals surface area contributed by atoms with E-state index in [4.69, 9.17) is 4.74 Å². The Morgan fingerprint density at radius 3 is 2.42 bits per heavy atom. The minimum absolute atomic E-state index is 0.774. The van der Waals surface area contributed by atoms with Crippen LogP contribution in [0.3, 0.4) is 0 Å². The molecule has 0 bridgehead atoms. The first kappa shape index (κ1) is 13.6. The molecule has 2 heteroatoms. The van der Waals surface area contributed by atoms with Crippen LogP contribution in [0.4, 0.5) is 0 Å². The monoisotopic (exact) mass is 255 g/mol. The summed E-state index contributed by atoms with van der Waals surface area (Å²) in [5.74, 6) is 0.991. The van der Waals surface area contributed by atoms with E-state index in [1.807, 2.05) is 18.2 Å². The van der Waals surface area contributed by atoms with Crippen LogP contribution in [-0.4, -0.2) is 6.61 Å². The fourth-order valence-corrected chi connectivity index (χ4v) is 1.94. The summed E-state index contributed by atoms with van der Waals surface area (Å²) in [5, 5.41) is 3.45. The van der Waals surface area contributed by atoms with Gasteiger partial charge in [0.05, 0.1) is 6.61 Å². The van der Waals surface area contributed by atoms with E-state index >= 15 is 0 Å². The largest absolute Gasteiger partial charge is 0.493 e. The maximum absolute atomic E-state index is 5.75. The summed E-state index contributed by atoms with van der Waals surface area (Å²) in [6, 6.07) is 18.7. The molecule has 0 fully saturated rings. The molecule has 0 saturated heterocycles. The molecule has 2 aromatic rings. The van der Waals surface area contributed by atoms with Gasteiger partial charge in [0.1, 0.15) is 5.75 Å². The molecule has 0 aromatic heterocycles. The van der Waals surface area contributed by atoms with E-state index in [1.54, 1.807) is 0 Å². The minimum atomic E-state index is 0.774. The molecule has 19 heavy (non-hydrogen) atoms. The number of nitrogens with one attached hydrogen (secondary N) is 1. The highest BCUT2D eigenvalue weighted by Gasteiger charge is 2.02. The zero-order valence-corrected chi connectivity index (χ0v) is 11.4. The number of hydrogen-bond acceptors (Lipinski definition) is 2. The topological polar surface area (TPSA) is 21.3 Å². The minimum Gasteiger partial charge on any atom is -0.493 e. The average Bonchev–Trinajstić information content (AvgIpc) is 2.47. The van der Waals surface area contributed by atoms with Gasteiger partial charge >= 0.3 is 0 Å². The number of benzene rings is 2. The lowest BCUT2D eigenvalue weighted by Gasteiger charge is -2.11. The average molecular weight is 255 g/mol. The van der Waals surface area contributed by atoms with Crippen molar-refractivity contribution in [3.63, 3.8) is 0 Å². The highest BCUT2D eigenvalue weighted by atomic mass is 16.5. The summed E-state index contributed by atoms with van der Waals surface area (Å²) in [4.78, 5) is 0. The van der Waals surface area contributed by atoms with Crippen molar-refractivity contribution in [2.75, 3.05) is 6.61 Å². The van der Waals surface area contributed by atoms with E-state index < -0.39 is 0 Å². The van der Waals surface area contributed by atoms with Gasteiger partial charge in [-0.05, 0) is 18.1 Å². The highest BCUT2D eigenvalue weighted by molar-refractivity contribution is 5.33. The molecule has 0 unspecified atom stereocenters. The first-order chi connectivity index (χ1) is 9.40. The molecule has 0 aliphatic heterocycles. The molecule has 2 aromatic carbocycles. The molecule has 0 amide bonds. The van der Waals surface area contributed by atoms with E-state index in [2.05, 4.69) is 48.6 Å². The normalized spacial score (nSPS) is 10.4. The van der Waals surface area contributed by atoms with Crippen molar-refractivity contribution in [1.29, 1.82) is 0 Å². The van der Waals surface area contributed by atoms with E-state index in [-0.39, 0.29) is 0 Å². The molecule has 0 heterocycles. The molecule has 1 N–H and O–H groups in total. The summed E-state index contributed by atoms with van der Waals surface area (Å²) in [6.07, 6.45) is 1.03. The molecule has 0 aliphatic rings. The lowest BCUT2D eigenvalue weighted by atomic mass is 10.2. The zero-order valence-electron chi connectivity index (χ0n) is 11.4. The Morgan fingerprint density at radius 2 is 1.63 bits per heavy atom. The van der Waals surface area contributed by atoms with Crippen molar-refractivity contribution < 1.29 is 4.74 Å². The molecule has 2 rings (SSSR count). The standard InChI is InChI=1S/C17H21NO/c1-2-12-19-17-11-7-6-10-16(17)14-18-13-15-8-4-3-5-9-15/h3-11,18H,2,12-14H2,1H3. The number of para-hydroxylation sites is 1. The van der Waals surface area contributed by atoms with Crippen LogP contribution in [0.2, 0.25) is 0 Å². The summed E-state index contributed by atoms with van der Waals surface area (Å²) >= 11 is 0. The Morgan fingerprint density at radius 1 is 0.895 bits per heavy atom. The van der Waals surface area contributed by atoms with E-state index in [0.717, 1.165) is 31.9 Å².